The van der Waals surface area contributed by atoms with Gasteiger partial charge in [0.15, 0.2) is 0 Å². The maximum absolute atomic E-state index is 3.56. The Morgan fingerprint density at radius 1 is 1.43 bits per heavy atom. The summed E-state index contributed by atoms with van der Waals surface area (Å²) in [6.07, 6.45) is 4.46. The second kappa shape index (κ2) is 4.54. The van der Waals surface area contributed by atoms with Gasteiger partial charge in [-0.1, -0.05) is 30.8 Å². The van der Waals surface area contributed by atoms with Gasteiger partial charge in [-0.3, -0.25) is 0 Å². The number of thioether (sulfide) groups is 1. The van der Waals surface area contributed by atoms with Crippen LogP contribution in [0.2, 0.25) is 0 Å². The zero-order chi connectivity index (χ0) is 9.80. The van der Waals surface area contributed by atoms with Gasteiger partial charge in [0, 0.05) is 11.0 Å². The van der Waals surface area contributed by atoms with Crippen molar-refractivity contribution < 1.29 is 0 Å². The first kappa shape index (κ1) is 9.64. The van der Waals surface area contributed by atoms with Gasteiger partial charge in [-0.2, -0.15) is 11.8 Å². The van der Waals surface area contributed by atoms with Crippen molar-refractivity contribution in [3.63, 3.8) is 0 Å². The standard InChI is InChI=1S/C13H14S/c1-2-3-11-4-6-12(7-5-11)8-9-13-10-14-13/h3-7,13H,1,8-10H2. The van der Waals surface area contributed by atoms with E-state index in [0.717, 1.165) is 5.25 Å². The van der Waals surface area contributed by atoms with Crippen LogP contribution in [0.15, 0.2) is 36.6 Å². The minimum Gasteiger partial charge on any atom is -0.157 e. The molecule has 1 aliphatic heterocycles. The molecule has 0 nitrogen and oxygen atoms in total. The molecule has 1 atom stereocenters. The average Bonchev–Trinajstić information content (AvgIpc) is 3.01. The van der Waals surface area contributed by atoms with E-state index in [9.17, 15) is 0 Å². The SMILES string of the molecule is C=C=Cc1ccc(CCC2CS2)cc1. The number of hydrogen-bond donors (Lipinski definition) is 0. The van der Waals surface area contributed by atoms with E-state index >= 15 is 0 Å². The minimum atomic E-state index is 0.947. The lowest BCUT2D eigenvalue weighted by Crippen LogP contribution is -1.89. The second-order valence-electron chi connectivity index (χ2n) is 3.58. The highest BCUT2D eigenvalue weighted by Gasteiger charge is 2.21. The van der Waals surface area contributed by atoms with Crippen LogP contribution in [0.1, 0.15) is 17.5 Å². The van der Waals surface area contributed by atoms with E-state index in [2.05, 4.69) is 48.3 Å². The van der Waals surface area contributed by atoms with E-state index in [4.69, 9.17) is 0 Å². The molecular weight excluding hydrogens is 188 g/mol. The number of benzene rings is 1. The first-order valence-corrected chi connectivity index (χ1v) is 6.00. The molecule has 14 heavy (non-hydrogen) atoms. The molecule has 0 saturated carbocycles. The van der Waals surface area contributed by atoms with Gasteiger partial charge in [-0.25, -0.2) is 0 Å². The van der Waals surface area contributed by atoms with E-state index in [-0.39, 0.29) is 0 Å². The summed E-state index contributed by atoms with van der Waals surface area (Å²) in [6, 6.07) is 8.67. The summed E-state index contributed by atoms with van der Waals surface area (Å²) in [5, 5.41) is 0.947. The van der Waals surface area contributed by atoms with Crippen molar-refractivity contribution in [3.05, 3.63) is 47.7 Å². The third-order valence-electron chi connectivity index (χ3n) is 2.41. The Labute approximate surface area is 89.7 Å². The zero-order valence-electron chi connectivity index (χ0n) is 8.20. The fourth-order valence-corrected chi connectivity index (χ4v) is 2.05. The Kier molecular flexibility index (Phi) is 3.13. The predicted octanol–water partition coefficient (Wildman–Crippen LogP) is 3.53. The monoisotopic (exact) mass is 202 g/mol. The Morgan fingerprint density at radius 3 is 2.71 bits per heavy atom. The van der Waals surface area contributed by atoms with Crippen molar-refractivity contribution in [2.75, 3.05) is 5.75 Å². The normalized spacial score (nSPS) is 18.7. The van der Waals surface area contributed by atoms with Crippen LogP contribution in [-0.2, 0) is 6.42 Å². The number of aryl methyl sites for hydroxylation is 1. The van der Waals surface area contributed by atoms with E-state index in [0.29, 0.717) is 0 Å². The van der Waals surface area contributed by atoms with Crippen LogP contribution in [0.25, 0.3) is 6.08 Å². The largest absolute Gasteiger partial charge is 0.157 e. The van der Waals surface area contributed by atoms with E-state index in [1.165, 1.54) is 29.7 Å². The summed E-state index contributed by atoms with van der Waals surface area (Å²) in [7, 11) is 0. The van der Waals surface area contributed by atoms with Gasteiger partial charge in [0.05, 0.1) is 0 Å². The topological polar surface area (TPSA) is 0 Å². The van der Waals surface area contributed by atoms with Gasteiger partial charge in [0.1, 0.15) is 0 Å². The molecule has 0 spiro atoms. The van der Waals surface area contributed by atoms with Gasteiger partial charge >= 0.3 is 0 Å². The molecule has 0 aliphatic carbocycles. The molecule has 72 valence electrons. The molecule has 0 bridgehead atoms. The molecule has 1 unspecified atom stereocenters. The third-order valence-corrected chi connectivity index (χ3v) is 3.45. The summed E-state index contributed by atoms with van der Waals surface area (Å²) in [5.74, 6) is 1.37. The molecule has 0 N–H and O–H groups in total. The van der Waals surface area contributed by atoms with Gasteiger partial charge in [0.25, 0.3) is 0 Å². The van der Waals surface area contributed by atoms with Gasteiger partial charge in [0.2, 0.25) is 0 Å². The molecule has 1 heteroatoms. The summed E-state index contributed by atoms with van der Waals surface area (Å²) in [4.78, 5) is 0. The lowest BCUT2D eigenvalue weighted by Gasteiger charge is -1.99. The fraction of sp³-hybridized carbons (Fsp3) is 0.308. The highest BCUT2D eigenvalue weighted by molar-refractivity contribution is 8.06. The molecule has 0 aromatic heterocycles. The molecule has 1 heterocycles. The lowest BCUT2D eigenvalue weighted by atomic mass is 10.1. The molecular formula is C13H14S. The maximum Gasteiger partial charge on any atom is 0.0141 e. The zero-order valence-corrected chi connectivity index (χ0v) is 9.02. The second-order valence-corrected chi connectivity index (χ2v) is 4.92. The Bertz CT molecular complexity index is 340. The summed E-state index contributed by atoms with van der Waals surface area (Å²) in [5.41, 5.74) is 5.41. The molecule has 1 aromatic rings. The molecule has 2 rings (SSSR count). The van der Waals surface area contributed by atoms with E-state index < -0.39 is 0 Å². The first-order valence-electron chi connectivity index (χ1n) is 4.95. The number of rotatable bonds is 4. The molecule has 1 aliphatic rings. The van der Waals surface area contributed by atoms with Crippen LogP contribution in [0.4, 0.5) is 0 Å². The Balaban J connectivity index is 1.94. The predicted molar refractivity (Wildman–Crippen MR) is 64.6 cm³/mol. The van der Waals surface area contributed by atoms with Crippen molar-refractivity contribution >= 4 is 17.8 Å². The Hall–Kier alpha value is -0.910. The van der Waals surface area contributed by atoms with Crippen LogP contribution in [-0.4, -0.2) is 11.0 Å². The molecule has 0 amide bonds. The van der Waals surface area contributed by atoms with E-state index in [1.807, 2.05) is 6.08 Å². The summed E-state index contributed by atoms with van der Waals surface area (Å²) < 4.78 is 0. The van der Waals surface area contributed by atoms with Crippen molar-refractivity contribution in [2.24, 2.45) is 0 Å². The van der Waals surface area contributed by atoms with Crippen LogP contribution >= 0.6 is 11.8 Å². The highest BCUT2D eigenvalue weighted by Crippen LogP contribution is 2.33. The van der Waals surface area contributed by atoms with Gasteiger partial charge in [-0.15, -0.1) is 5.73 Å². The van der Waals surface area contributed by atoms with E-state index in [1.54, 1.807) is 0 Å². The molecule has 1 aromatic carbocycles. The van der Waals surface area contributed by atoms with Crippen molar-refractivity contribution in [3.8, 4) is 0 Å². The molecule has 1 saturated heterocycles. The number of hydrogen-bond acceptors (Lipinski definition) is 1. The van der Waals surface area contributed by atoms with Crippen LogP contribution < -0.4 is 0 Å². The van der Waals surface area contributed by atoms with Crippen molar-refractivity contribution in [2.45, 2.75) is 18.1 Å². The van der Waals surface area contributed by atoms with Gasteiger partial charge < -0.3 is 0 Å². The van der Waals surface area contributed by atoms with Crippen LogP contribution in [0.5, 0.6) is 0 Å². The maximum atomic E-state index is 3.56. The minimum absolute atomic E-state index is 0.947. The summed E-state index contributed by atoms with van der Waals surface area (Å²) >= 11 is 2.07. The average molecular weight is 202 g/mol. The third kappa shape index (κ3) is 2.80. The lowest BCUT2D eigenvalue weighted by molar-refractivity contribution is 0.860. The quantitative estimate of drug-likeness (QED) is 0.531. The first-order chi connectivity index (χ1) is 6.88. The van der Waals surface area contributed by atoms with Crippen molar-refractivity contribution in [1.82, 2.24) is 0 Å². The van der Waals surface area contributed by atoms with Crippen LogP contribution in [0, 0.1) is 0 Å². The molecule has 1 fully saturated rings. The highest BCUT2D eigenvalue weighted by atomic mass is 32.2. The van der Waals surface area contributed by atoms with Crippen molar-refractivity contribution in [1.29, 1.82) is 0 Å². The van der Waals surface area contributed by atoms with Crippen LogP contribution in [0.3, 0.4) is 0 Å². The summed E-state index contributed by atoms with van der Waals surface area (Å²) in [6.45, 7) is 3.56. The molecule has 0 radical (unpaired) electrons. The smallest absolute Gasteiger partial charge is 0.0141 e. The Morgan fingerprint density at radius 2 is 2.14 bits per heavy atom. The van der Waals surface area contributed by atoms with Gasteiger partial charge in [-0.05, 0) is 30.0 Å². The fourth-order valence-electron chi connectivity index (χ4n) is 1.46.